The fraction of sp³-hybridized carbons (Fsp3) is 0.125. The SMILES string of the molecule is COc1ccc(/C(=C/N)c2ccc3c(c2)OCO3)cc1. The zero-order chi connectivity index (χ0) is 13.9. The van der Waals surface area contributed by atoms with Crippen molar-refractivity contribution in [3.05, 3.63) is 59.8 Å². The molecule has 1 aliphatic rings. The minimum Gasteiger partial charge on any atom is -0.497 e. The van der Waals surface area contributed by atoms with Gasteiger partial charge in [-0.15, -0.1) is 0 Å². The largest absolute Gasteiger partial charge is 0.497 e. The van der Waals surface area contributed by atoms with Crippen molar-refractivity contribution in [2.75, 3.05) is 13.9 Å². The number of ether oxygens (including phenoxy) is 3. The van der Waals surface area contributed by atoms with Crippen LogP contribution in [0.1, 0.15) is 11.1 Å². The fourth-order valence-corrected chi connectivity index (χ4v) is 2.19. The van der Waals surface area contributed by atoms with Gasteiger partial charge in [0.15, 0.2) is 11.5 Å². The molecule has 0 aliphatic carbocycles. The lowest BCUT2D eigenvalue weighted by Gasteiger charge is -2.09. The molecule has 0 saturated heterocycles. The Morgan fingerprint density at radius 3 is 2.45 bits per heavy atom. The van der Waals surface area contributed by atoms with Crippen molar-refractivity contribution in [3.8, 4) is 17.2 Å². The van der Waals surface area contributed by atoms with Crippen LogP contribution in [0.4, 0.5) is 0 Å². The van der Waals surface area contributed by atoms with E-state index in [1.807, 2.05) is 42.5 Å². The highest BCUT2D eigenvalue weighted by atomic mass is 16.7. The molecule has 0 saturated carbocycles. The van der Waals surface area contributed by atoms with Gasteiger partial charge >= 0.3 is 0 Å². The van der Waals surface area contributed by atoms with Gasteiger partial charge in [-0.2, -0.15) is 0 Å². The third-order valence-corrected chi connectivity index (χ3v) is 3.25. The zero-order valence-electron chi connectivity index (χ0n) is 11.1. The van der Waals surface area contributed by atoms with Crippen LogP contribution in [0.5, 0.6) is 17.2 Å². The minimum atomic E-state index is 0.267. The molecule has 4 heteroatoms. The second-order valence-electron chi connectivity index (χ2n) is 4.38. The Balaban J connectivity index is 1.97. The Hall–Kier alpha value is -2.62. The van der Waals surface area contributed by atoms with Crippen molar-refractivity contribution in [1.29, 1.82) is 0 Å². The van der Waals surface area contributed by atoms with Gasteiger partial charge in [0, 0.05) is 11.8 Å². The molecule has 1 heterocycles. The molecule has 0 radical (unpaired) electrons. The van der Waals surface area contributed by atoms with E-state index < -0.39 is 0 Å². The second-order valence-corrected chi connectivity index (χ2v) is 4.38. The van der Waals surface area contributed by atoms with Crippen LogP contribution in [-0.2, 0) is 0 Å². The molecule has 2 aromatic carbocycles. The monoisotopic (exact) mass is 269 g/mol. The van der Waals surface area contributed by atoms with Gasteiger partial charge in [-0.25, -0.2) is 0 Å². The van der Waals surface area contributed by atoms with Gasteiger partial charge in [0.2, 0.25) is 6.79 Å². The van der Waals surface area contributed by atoms with E-state index in [2.05, 4.69) is 0 Å². The number of hydrogen-bond donors (Lipinski definition) is 1. The number of methoxy groups -OCH3 is 1. The fourth-order valence-electron chi connectivity index (χ4n) is 2.19. The van der Waals surface area contributed by atoms with Crippen molar-refractivity contribution < 1.29 is 14.2 Å². The maximum Gasteiger partial charge on any atom is 0.231 e. The van der Waals surface area contributed by atoms with Crippen LogP contribution in [0.25, 0.3) is 5.57 Å². The molecule has 0 atom stereocenters. The van der Waals surface area contributed by atoms with Crippen LogP contribution >= 0.6 is 0 Å². The van der Waals surface area contributed by atoms with Crippen molar-refractivity contribution in [2.24, 2.45) is 5.73 Å². The van der Waals surface area contributed by atoms with E-state index >= 15 is 0 Å². The predicted molar refractivity (Wildman–Crippen MR) is 76.8 cm³/mol. The van der Waals surface area contributed by atoms with Gasteiger partial charge in [0.1, 0.15) is 5.75 Å². The predicted octanol–water partition coefficient (Wildman–Crippen LogP) is 2.77. The van der Waals surface area contributed by atoms with Crippen molar-refractivity contribution in [2.45, 2.75) is 0 Å². The molecule has 0 fully saturated rings. The first kappa shape index (κ1) is 12.4. The lowest BCUT2D eigenvalue weighted by atomic mass is 9.98. The molecule has 102 valence electrons. The Labute approximate surface area is 117 Å². The molecule has 0 spiro atoms. The summed E-state index contributed by atoms with van der Waals surface area (Å²) in [5.74, 6) is 2.33. The van der Waals surface area contributed by atoms with Gasteiger partial charge in [0.05, 0.1) is 7.11 Å². The summed E-state index contributed by atoms with van der Waals surface area (Å²) in [6.07, 6.45) is 1.60. The lowest BCUT2D eigenvalue weighted by Crippen LogP contribution is -1.94. The molecule has 2 aromatic rings. The van der Waals surface area contributed by atoms with E-state index in [9.17, 15) is 0 Å². The van der Waals surface area contributed by atoms with Crippen molar-refractivity contribution >= 4 is 5.57 Å². The van der Waals surface area contributed by atoms with E-state index in [1.54, 1.807) is 13.3 Å². The normalized spacial score (nSPS) is 13.3. The molecule has 0 bridgehead atoms. The lowest BCUT2D eigenvalue weighted by molar-refractivity contribution is 0.174. The Bertz CT molecular complexity index is 647. The Kier molecular flexibility index (Phi) is 3.21. The van der Waals surface area contributed by atoms with Crippen LogP contribution in [0, 0.1) is 0 Å². The first-order valence-corrected chi connectivity index (χ1v) is 6.28. The van der Waals surface area contributed by atoms with Crippen LogP contribution < -0.4 is 19.9 Å². The quantitative estimate of drug-likeness (QED) is 0.931. The van der Waals surface area contributed by atoms with E-state index in [0.717, 1.165) is 33.9 Å². The molecule has 0 unspecified atom stereocenters. The second kappa shape index (κ2) is 5.17. The third kappa shape index (κ3) is 2.16. The molecule has 4 nitrogen and oxygen atoms in total. The summed E-state index contributed by atoms with van der Waals surface area (Å²) in [6.45, 7) is 0.267. The molecule has 0 amide bonds. The number of benzene rings is 2. The summed E-state index contributed by atoms with van der Waals surface area (Å²) in [5.41, 5.74) is 8.73. The molecule has 2 N–H and O–H groups in total. The summed E-state index contributed by atoms with van der Waals surface area (Å²) in [6, 6.07) is 13.6. The van der Waals surface area contributed by atoms with Gasteiger partial charge in [-0.1, -0.05) is 18.2 Å². The number of hydrogen-bond acceptors (Lipinski definition) is 4. The van der Waals surface area contributed by atoms with Crippen LogP contribution in [0.3, 0.4) is 0 Å². The summed E-state index contributed by atoms with van der Waals surface area (Å²) < 4.78 is 15.9. The van der Waals surface area contributed by atoms with Gasteiger partial charge < -0.3 is 19.9 Å². The maximum absolute atomic E-state index is 5.79. The van der Waals surface area contributed by atoms with Gasteiger partial charge in [0.25, 0.3) is 0 Å². The van der Waals surface area contributed by atoms with Crippen molar-refractivity contribution in [1.82, 2.24) is 0 Å². The Morgan fingerprint density at radius 2 is 1.75 bits per heavy atom. The smallest absolute Gasteiger partial charge is 0.231 e. The van der Waals surface area contributed by atoms with Crippen molar-refractivity contribution in [3.63, 3.8) is 0 Å². The number of fused-ring (bicyclic) bond motifs is 1. The number of nitrogens with two attached hydrogens (primary N) is 1. The molecular weight excluding hydrogens is 254 g/mol. The third-order valence-electron chi connectivity index (χ3n) is 3.25. The summed E-state index contributed by atoms with van der Waals surface area (Å²) in [5, 5.41) is 0. The summed E-state index contributed by atoms with van der Waals surface area (Å²) in [7, 11) is 1.65. The molecule has 20 heavy (non-hydrogen) atoms. The van der Waals surface area contributed by atoms with Crippen LogP contribution in [0.15, 0.2) is 48.7 Å². The first-order chi connectivity index (χ1) is 9.81. The first-order valence-electron chi connectivity index (χ1n) is 6.28. The van der Waals surface area contributed by atoms with E-state index in [-0.39, 0.29) is 6.79 Å². The molecule has 1 aliphatic heterocycles. The minimum absolute atomic E-state index is 0.267. The molecule has 3 rings (SSSR count). The highest BCUT2D eigenvalue weighted by Crippen LogP contribution is 2.36. The molecule has 0 aromatic heterocycles. The van der Waals surface area contributed by atoms with E-state index in [1.165, 1.54) is 0 Å². The standard InChI is InChI=1S/C16H15NO3/c1-18-13-5-2-11(3-6-13)14(9-17)12-4-7-15-16(8-12)20-10-19-15/h2-9H,10,17H2,1H3/b14-9-. The zero-order valence-corrected chi connectivity index (χ0v) is 11.1. The highest BCUT2D eigenvalue weighted by molar-refractivity contribution is 5.80. The topological polar surface area (TPSA) is 53.7 Å². The van der Waals surface area contributed by atoms with Crippen LogP contribution in [0.2, 0.25) is 0 Å². The summed E-state index contributed by atoms with van der Waals surface area (Å²) in [4.78, 5) is 0. The summed E-state index contributed by atoms with van der Waals surface area (Å²) >= 11 is 0. The Morgan fingerprint density at radius 1 is 1.05 bits per heavy atom. The average molecular weight is 269 g/mol. The highest BCUT2D eigenvalue weighted by Gasteiger charge is 2.15. The van der Waals surface area contributed by atoms with E-state index in [4.69, 9.17) is 19.9 Å². The number of rotatable bonds is 3. The van der Waals surface area contributed by atoms with E-state index in [0.29, 0.717) is 0 Å². The van der Waals surface area contributed by atoms with Crippen LogP contribution in [-0.4, -0.2) is 13.9 Å². The maximum atomic E-state index is 5.79. The average Bonchev–Trinajstić information content (AvgIpc) is 2.96. The van der Waals surface area contributed by atoms with Gasteiger partial charge in [-0.3, -0.25) is 0 Å². The molecular formula is C16H15NO3. The van der Waals surface area contributed by atoms with Gasteiger partial charge in [-0.05, 0) is 35.4 Å².